The summed E-state index contributed by atoms with van der Waals surface area (Å²) >= 11 is 0. The van der Waals surface area contributed by atoms with Crippen LogP contribution in [0.15, 0.2) is 12.7 Å². The Labute approximate surface area is 68.9 Å². The van der Waals surface area contributed by atoms with Crippen LogP contribution in [-0.4, -0.2) is 24.4 Å². The van der Waals surface area contributed by atoms with Crippen LogP contribution >= 0.6 is 0 Å². The zero-order valence-electron chi connectivity index (χ0n) is 7.63. The zero-order valence-corrected chi connectivity index (χ0v) is 7.63. The second-order valence-corrected chi connectivity index (χ2v) is 3.71. The number of ether oxygens (including phenoxy) is 1. The van der Waals surface area contributed by atoms with Crippen molar-refractivity contribution in [2.24, 2.45) is 5.41 Å². The minimum absolute atomic E-state index is 0.0961. The first-order valence-electron chi connectivity index (χ1n) is 3.85. The second kappa shape index (κ2) is 4.52. The molecule has 2 nitrogen and oxygen atoms in total. The van der Waals surface area contributed by atoms with Crippen molar-refractivity contribution in [2.75, 3.05) is 13.2 Å². The summed E-state index contributed by atoms with van der Waals surface area (Å²) in [5, 5.41) is 9.45. The summed E-state index contributed by atoms with van der Waals surface area (Å²) < 4.78 is 5.10. The summed E-state index contributed by atoms with van der Waals surface area (Å²) in [6, 6.07) is 0. The van der Waals surface area contributed by atoms with Gasteiger partial charge in [-0.2, -0.15) is 0 Å². The molecule has 0 bridgehead atoms. The van der Waals surface area contributed by atoms with Gasteiger partial charge in [-0.25, -0.2) is 0 Å². The van der Waals surface area contributed by atoms with Crippen molar-refractivity contribution in [3.05, 3.63) is 12.7 Å². The molecule has 0 aromatic rings. The van der Waals surface area contributed by atoms with Crippen molar-refractivity contribution in [3.63, 3.8) is 0 Å². The highest BCUT2D eigenvalue weighted by atomic mass is 16.5. The van der Waals surface area contributed by atoms with Gasteiger partial charge >= 0.3 is 0 Å². The minimum atomic E-state index is -0.401. The molecular formula is C9H18O2. The third-order valence-electron chi connectivity index (χ3n) is 1.51. The van der Waals surface area contributed by atoms with Gasteiger partial charge in [-0.3, -0.25) is 0 Å². The fraction of sp³-hybridized carbons (Fsp3) is 0.778. The summed E-state index contributed by atoms with van der Waals surface area (Å²) in [4.78, 5) is 0. The van der Waals surface area contributed by atoms with E-state index in [1.165, 1.54) is 0 Å². The van der Waals surface area contributed by atoms with Gasteiger partial charge in [-0.15, -0.1) is 6.58 Å². The standard InChI is InChI=1S/C9H18O2/c1-5-6-11-7-8(10)9(2,3)4/h5,8,10H,1,6-7H2,2-4H3. The van der Waals surface area contributed by atoms with E-state index < -0.39 is 6.10 Å². The van der Waals surface area contributed by atoms with E-state index in [1.54, 1.807) is 6.08 Å². The number of aliphatic hydroxyl groups excluding tert-OH is 1. The van der Waals surface area contributed by atoms with Crippen molar-refractivity contribution in [2.45, 2.75) is 26.9 Å². The number of aliphatic hydroxyl groups is 1. The van der Waals surface area contributed by atoms with Gasteiger partial charge in [0.1, 0.15) is 0 Å². The predicted octanol–water partition coefficient (Wildman–Crippen LogP) is 1.60. The average molecular weight is 158 g/mol. The van der Waals surface area contributed by atoms with Crippen LogP contribution in [0.2, 0.25) is 0 Å². The quantitative estimate of drug-likeness (QED) is 0.497. The van der Waals surface area contributed by atoms with Crippen LogP contribution < -0.4 is 0 Å². The highest BCUT2D eigenvalue weighted by Crippen LogP contribution is 2.18. The number of rotatable bonds is 4. The number of hydrogen-bond donors (Lipinski definition) is 1. The Hall–Kier alpha value is -0.340. The van der Waals surface area contributed by atoms with Crippen LogP contribution in [0.1, 0.15) is 20.8 Å². The van der Waals surface area contributed by atoms with E-state index in [9.17, 15) is 5.11 Å². The van der Waals surface area contributed by atoms with Crippen molar-refractivity contribution in [1.29, 1.82) is 0 Å². The lowest BCUT2D eigenvalue weighted by atomic mass is 9.90. The van der Waals surface area contributed by atoms with E-state index in [0.29, 0.717) is 13.2 Å². The molecular weight excluding hydrogens is 140 g/mol. The monoisotopic (exact) mass is 158 g/mol. The maximum atomic E-state index is 9.45. The summed E-state index contributed by atoms with van der Waals surface area (Å²) in [5.74, 6) is 0. The SMILES string of the molecule is C=CCOCC(O)C(C)(C)C. The zero-order chi connectivity index (χ0) is 8.91. The van der Waals surface area contributed by atoms with Gasteiger partial charge in [0.25, 0.3) is 0 Å². The first kappa shape index (κ1) is 10.7. The largest absolute Gasteiger partial charge is 0.390 e. The molecule has 1 atom stereocenters. The molecule has 0 fully saturated rings. The molecule has 2 heteroatoms. The van der Waals surface area contributed by atoms with Crippen molar-refractivity contribution in [3.8, 4) is 0 Å². The van der Waals surface area contributed by atoms with Crippen molar-refractivity contribution < 1.29 is 9.84 Å². The van der Waals surface area contributed by atoms with Crippen molar-refractivity contribution in [1.82, 2.24) is 0 Å². The third kappa shape index (κ3) is 4.99. The maximum absolute atomic E-state index is 9.45. The summed E-state index contributed by atoms with van der Waals surface area (Å²) in [6.07, 6.45) is 1.28. The van der Waals surface area contributed by atoms with Crippen LogP contribution in [0.5, 0.6) is 0 Å². The van der Waals surface area contributed by atoms with Gasteiger partial charge in [0, 0.05) is 0 Å². The highest BCUT2D eigenvalue weighted by molar-refractivity contribution is 4.73. The lowest BCUT2D eigenvalue weighted by molar-refractivity contribution is -0.0130. The normalized spacial score (nSPS) is 14.5. The van der Waals surface area contributed by atoms with E-state index in [4.69, 9.17) is 4.74 Å². The molecule has 0 rings (SSSR count). The van der Waals surface area contributed by atoms with Crippen molar-refractivity contribution >= 4 is 0 Å². The van der Waals surface area contributed by atoms with Gasteiger partial charge in [-0.05, 0) is 5.41 Å². The Morgan fingerprint density at radius 2 is 2.09 bits per heavy atom. The molecule has 0 saturated heterocycles. The summed E-state index contributed by atoms with van der Waals surface area (Å²) in [6.45, 7) is 10.3. The molecule has 0 radical (unpaired) electrons. The van der Waals surface area contributed by atoms with Crippen LogP contribution in [-0.2, 0) is 4.74 Å². The molecule has 0 saturated carbocycles. The van der Waals surface area contributed by atoms with E-state index in [1.807, 2.05) is 20.8 Å². The van der Waals surface area contributed by atoms with E-state index in [-0.39, 0.29) is 5.41 Å². The third-order valence-corrected chi connectivity index (χ3v) is 1.51. The minimum Gasteiger partial charge on any atom is -0.390 e. The highest BCUT2D eigenvalue weighted by Gasteiger charge is 2.21. The topological polar surface area (TPSA) is 29.5 Å². The van der Waals surface area contributed by atoms with Crippen LogP contribution in [0.3, 0.4) is 0 Å². The Bertz CT molecular complexity index is 113. The van der Waals surface area contributed by atoms with Gasteiger partial charge in [0.15, 0.2) is 0 Å². The lowest BCUT2D eigenvalue weighted by Gasteiger charge is -2.25. The molecule has 0 aliphatic rings. The Kier molecular flexibility index (Phi) is 4.38. The van der Waals surface area contributed by atoms with E-state index in [0.717, 1.165) is 0 Å². The van der Waals surface area contributed by atoms with Crippen LogP contribution in [0, 0.1) is 5.41 Å². The molecule has 0 amide bonds. The molecule has 0 aromatic carbocycles. The van der Waals surface area contributed by atoms with Crippen LogP contribution in [0.4, 0.5) is 0 Å². The molecule has 0 aliphatic carbocycles. The molecule has 0 heterocycles. The second-order valence-electron chi connectivity index (χ2n) is 3.71. The van der Waals surface area contributed by atoms with Gasteiger partial charge in [-0.1, -0.05) is 26.8 Å². The molecule has 0 aliphatic heterocycles. The number of hydrogen-bond acceptors (Lipinski definition) is 2. The molecule has 0 aromatic heterocycles. The Balaban J connectivity index is 3.52. The summed E-state index contributed by atoms with van der Waals surface area (Å²) in [5.41, 5.74) is -0.0961. The molecule has 11 heavy (non-hydrogen) atoms. The summed E-state index contributed by atoms with van der Waals surface area (Å²) in [7, 11) is 0. The first-order valence-corrected chi connectivity index (χ1v) is 3.85. The van der Waals surface area contributed by atoms with Gasteiger partial charge < -0.3 is 9.84 Å². The maximum Gasteiger partial charge on any atom is 0.0821 e. The predicted molar refractivity (Wildman–Crippen MR) is 46.5 cm³/mol. The van der Waals surface area contributed by atoms with E-state index >= 15 is 0 Å². The average Bonchev–Trinajstić information content (AvgIpc) is 1.86. The van der Waals surface area contributed by atoms with E-state index in [2.05, 4.69) is 6.58 Å². The van der Waals surface area contributed by atoms with Gasteiger partial charge in [0.05, 0.1) is 19.3 Å². The molecule has 1 N–H and O–H groups in total. The Morgan fingerprint density at radius 1 is 1.55 bits per heavy atom. The van der Waals surface area contributed by atoms with Crippen LogP contribution in [0.25, 0.3) is 0 Å². The lowest BCUT2D eigenvalue weighted by Crippen LogP contribution is -2.30. The molecule has 1 unspecified atom stereocenters. The van der Waals surface area contributed by atoms with Gasteiger partial charge in [0.2, 0.25) is 0 Å². The Morgan fingerprint density at radius 3 is 2.45 bits per heavy atom. The molecule has 66 valence electrons. The first-order chi connectivity index (χ1) is 4.98. The molecule has 0 spiro atoms. The fourth-order valence-corrected chi connectivity index (χ4v) is 0.513. The smallest absolute Gasteiger partial charge is 0.0821 e. The fourth-order valence-electron chi connectivity index (χ4n) is 0.513.